The van der Waals surface area contributed by atoms with Gasteiger partial charge in [0.1, 0.15) is 0 Å². The maximum absolute atomic E-state index is 12.4. The zero-order chi connectivity index (χ0) is 19.4. The summed E-state index contributed by atoms with van der Waals surface area (Å²) in [6.07, 6.45) is 0.238. The molecule has 1 heterocycles. The molecule has 2 aromatic carbocycles. The van der Waals surface area contributed by atoms with Crippen LogP contribution < -0.4 is 0 Å². The number of aromatic nitrogens is 1. The molecule has 5 nitrogen and oxygen atoms in total. The van der Waals surface area contributed by atoms with Crippen LogP contribution in [0.15, 0.2) is 59.5 Å². The minimum absolute atomic E-state index is 0.0379. The SMILES string of the molecule is Cc1ccc2nc(C)c(C(=O)OCCCS(=O)(=O)c3ccccc3)cc2c1. The first kappa shape index (κ1) is 19.0. The minimum atomic E-state index is -3.37. The van der Waals surface area contributed by atoms with Gasteiger partial charge in [0.2, 0.25) is 0 Å². The van der Waals surface area contributed by atoms with Gasteiger partial charge in [0.05, 0.1) is 34.0 Å². The van der Waals surface area contributed by atoms with Crippen molar-refractivity contribution in [1.29, 1.82) is 0 Å². The molecule has 0 aliphatic carbocycles. The monoisotopic (exact) mass is 383 g/mol. The maximum Gasteiger partial charge on any atom is 0.339 e. The zero-order valence-corrected chi connectivity index (χ0v) is 16.1. The van der Waals surface area contributed by atoms with Gasteiger partial charge in [0.25, 0.3) is 0 Å². The number of hydrogen-bond donors (Lipinski definition) is 0. The third-order valence-corrected chi connectivity index (χ3v) is 6.09. The molecule has 0 atom stereocenters. The molecule has 0 unspecified atom stereocenters. The van der Waals surface area contributed by atoms with Gasteiger partial charge >= 0.3 is 5.97 Å². The van der Waals surface area contributed by atoms with Crippen LogP contribution >= 0.6 is 0 Å². The Morgan fingerprint density at radius 1 is 1.04 bits per heavy atom. The van der Waals surface area contributed by atoms with E-state index in [4.69, 9.17) is 4.74 Å². The Bertz CT molecular complexity index is 1080. The maximum atomic E-state index is 12.4. The highest BCUT2D eigenvalue weighted by Crippen LogP contribution is 2.19. The third kappa shape index (κ3) is 4.52. The van der Waals surface area contributed by atoms with Gasteiger partial charge in [0, 0.05) is 5.39 Å². The highest BCUT2D eigenvalue weighted by molar-refractivity contribution is 7.91. The molecule has 0 N–H and O–H groups in total. The minimum Gasteiger partial charge on any atom is -0.462 e. The first-order valence-corrected chi connectivity index (χ1v) is 10.3. The fourth-order valence-electron chi connectivity index (χ4n) is 2.84. The molecule has 0 bridgehead atoms. The van der Waals surface area contributed by atoms with Gasteiger partial charge in [-0.3, -0.25) is 4.98 Å². The molecule has 0 saturated carbocycles. The Balaban J connectivity index is 1.63. The Morgan fingerprint density at radius 3 is 2.52 bits per heavy atom. The molecule has 6 heteroatoms. The van der Waals surface area contributed by atoms with E-state index in [-0.39, 0.29) is 23.7 Å². The van der Waals surface area contributed by atoms with Crippen LogP contribution in [0.3, 0.4) is 0 Å². The first-order chi connectivity index (χ1) is 12.9. The van der Waals surface area contributed by atoms with Crippen molar-refractivity contribution in [2.75, 3.05) is 12.4 Å². The number of pyridine rings is 1. The summed E-state index contributed by atoms with van der Waals surface area (Å²) in [5.41, 5.74) is 2.90. The van der Waals surface area contributed by atoms with Gasteiger partial charge in [0.15, 0.2) is 9.84 Å². The lowest BCUT2D eigenvalue weighted by Gasteiger charge is -2.09. The Kier molecular flexibility index (Phi) is 5.56. The molecular formula is C21H21NO4S. The van der Waals surface area contributed by atoms with Gasteiger partial charge < -0.3 is 4.74 Å². The lowest BCUT2D eigenvalue weighted by molar-refractivity contribution is 0.0504. The zero-order valence-electron chi connectivity index (χ0n) is 15.3. The van der Waals surface area contributed by atoms with Gasteiger partial charge in [-0.25, -0.2) is 13.2 Å². The average Bonchev–Trinajstić information content (AvgIpc) is 2.65. The van der Waals surface area contributed by atoms with Crippen LogP contribution in [0.2, 0.25) is 0 Å². The molecule has 1 aromatic heterocycles. The average molecular weight is 383 g/mol. The molecule has 27 heavy (non-hydrogen) atoms. The summed E-state index contributed by atoms with van der Waals surface area (Å²) in [7, 11) is -3.37. The topological polar surface area (TPSA) is 73.3 Å². The number of carbonyl (C=O) groups excluding carboxylic acids is 1. The summed E-state index contributed by atoms with van der Waals surface area (Å²) < 4.78 is 29.7. The van der Waals surface area contributed by atoms with Crippen molar-refractivity contribution in [3.8, 4) is 0 Å². The lowest BCUT2D eigenvalue weighted by atomic mass is 10.1. The highest BCUT2D eigenvalue weighted by atomic mass is 32.2. The summed E-state index contributed by atoms with van der Waals surface area (Å²) >= 11 is 0. The van der Waals surface area contributed by atoms with Crippen LogP contribution in [-0.2, 0) is 14.6 Å². The number of sulfone groups is 1. The Hall–Kier alpha value is -2.73. The number of hydrogen-bond acceptors (Lipinski definition) is 5. The number of ether oxygens (including phenoxy) is 1. The number of esters is 1. The molecule has 0 spiro atoms. The van der Waals surface area contributed by atoms with Crippen LogP contribution in [0, 0.1) is 13.8 Å². The van der Waals surface area contributed by atoms with Crippen molar-refractivity contribution in [3.05, 3.63) is 71.4 Å². The van der Waals surface area contributed by atoms with Crippen LogP contribution in [0.1, 0.15) is 28.0 Å². The van der Waals surface area contributed by atoms with E-state index in [1.165, 1.54) is 0 Å². The van der Waals surface area contributed by atoms with Crippen LogP contribution in [0.25, 0.3) is 10.9 Å². The number of benzene rings is 2. The first-order valence-electron chi connectivity index (χ1n) is 8.70. The van der Waals surface area contributed by atoms with Crippen molar-refractivity contribution >= 4 is 26.7 Å². The van der Waals surface area contributed by atoms with E-state index >= 15 is 0 Å². The van der Waals surface area contributed by atoms with Crippen LogP contribution in [-0.4, -0.2) is 31.7 Å². The van der Waals surface area contributed by atoms with Gasteiger partial charge in [-0.1, -0.05) is 29.8 Å². The smallest absolute Gasteiger partial charge is 0.339 e. The summed E-state index contributed by atoms with van der Waals surface area (Å²) in [4.78, 5) is 17.1. The number of rotatable bonds is 6. The molecule has 0 saturated heterocycles. The van der Waals surface area contributed by atoms with E-state index in [9.17, 15) is 13.2 Å². The second kappa shape index (κ2) is 7.88. The Morgan fingerprint density at radius 2 is 1.78 bits per heavy atom. The van der Waals surface area contributed by atoms with E-state index in [0.29, 0.717) is 11.3 Å². The predicted octanol–water partition coefficient (Wildman–Crippen LogP) is 3.87. The van der Waals surface area contributed by atoms with Gasteiger partial charge in [-0.2, -0.15) is 0 Å². The molecule has 0 aliphatic rings. The fourth-order valence-corrected chi connectivity index (χ4v) is 4.14. The van der Waals surface area contributed by atoms with E-state index < -0.39 is 15.8 Å². The summed E-state index contributed by atoms with van der Waals surface area (Å²) in [5.74, 6) is -0.557. The van der Waals surface area contributed by atoms with Gasteiger partial charge in [-0.05, 0) is 50.6 Å². The number of nitrogens with zero attached hydrogens (tertiary/aromatic N) is 1. The van der Waals surface area contributed by atoms with Gasteiger partial charge in [-0.15, -0.1) is 0 Å². The summed E-state index contributed by atoms with van der Waals surface area (Å²) in [6, 6.07) is 15.9. The number of fused-ring (bicyclic) bond motifs is 1. The second-order valence-corrected chi connectivity index (χ2v) is 8.55. The quantitative estimate of drug-likeness (QED) is 0.477. The Labute approximate surface area is 158 Å². The molecule has 0 fully saturated rings. The number of carbonyl (C=O) groups is 1. The predicted molar refractivity (Wildman–Crippen MR) is 105 cm³/mol. The molecule has 0 amide bonds. The van der Waals surface area contributed by atoms with E-state index in [2.05, 4.69) is 4.98 Å². The van der Waals surface area contributed by atoms with Crippen molar-refractivity contribution in [2.24, 2.45) is 0 Å². The molecule has 0 aliphatic heterocycles. The lowest BCUT2D eigenvalue weighted by Crippen LogP contribution is -2.13. The van der Waals surface area contributed by atoms with Crippen molar-refractivity contribution in [2.45, 2.75) is 25.2 Å². The molecule has 3 rings (SSSR count). The molecule has 0 radical (unpaired) electrons. The molecule has 3 aromatic rings. The fraction of sp³-hybridized carbons (Fsp3) is 0.238. The van der Waals surface area contributed by atoms with Crippen LogP contribution in [0.5, 0.6) is 0 Å². The largest absolute Gasteiger partial charge is 0.462 e. The van der Waals surface area contributed by atoms with Crippen LogP contribution in [0.4, 0.5) is 0 Å². The van der Waals surface area contributed by atoms with Crippen molar-refractivity contribution in [3.63, 3.8) is 0 Å². The van der Waals surface area contributed by atoms with Crippen molar-refractivity contribution in [1.82, 2.24) is 4.98 Å². The second-order valence-electron chi connectivity index (χ2n) is 6.44. The van der Waals surface area contributed by atoms with E-state index in [1.807, 2.05) is 25.1 Å². The van der Waals surface area contributed by atoms with E-state index in [0.717, 1.165) is 16.5 Å². The van der Waals surface area contributed by atoms with Crippen molar-refractivity contribution < 1.29 is 17.9 Å². The summed E-state index contributed by atoms with van der Waals surface area (Å²) in [6.45, 7) is 3.77. The number of aryl methyl sites for hydroxylation is 2. The summed E-state index contributed by atoms with van der Waals surface area (Å²) in [5, 5.41) is 0.874. The third-order valence-electron chi connectivity index (χ3n) is 4.27. The normalized spacial score (nSPS) is 11.5. The highest BCUT2D eigenvalue weighted by Gasteiger charge is 2.16. The molecule has 140 valence electrons. The van der Waals surface area contributed by atoms with E-state index in [1.54, 1.807) is 43.3 Å². The molecular weight excluding hydrogens is 362 g/mol. The standard InChI is InChI=1S/C21H21NO4S/c1-15-9-10-20-17(13-15)14-19(16(2)22-20)21(23)26-11-6-12-27(24,25)18-7-4-3-5-8-18/h3-5,7-10,13-14H,6,11-12H2,1-2H3.